The van der Waals surface area contributed by atoms with Gasteiger partial charge in [0.1, 0.15) is 13.3 Å². The summed E-state index contributed by atoms with van der Waals surface area (Å²) in [6.45, 7) is 3.71. The van der Waals surface area contributed by atoms with Gasteiger partial charge in [-0.1, -0.05) is 36.4 Å². The number of ketones is 1. The Balaban J connectivity index is 1.19. The summed E-state index contributed by atoms with van der Waals surface area (Å²) in [5.41, 5.74) is 1.70. The number of anilines is 1. The molecule has 0 aromatic heterocycles. The average molecular weight is 490 g/mol. The molecule has 6 rings (SSSR count). The normalized spacial score (nSPS) is 24.1. The largest absolute Gasteiger partial charge is 0.378 e. The van der Waals surface area contributed by atoms with Crippen LogP contribution in [0.15, 0.2) is 48.5 Å². The molecule has 1 unspecified atom stereocenters. The highest BCUT2D eigenvalue weighted by molar-refractivity contribution is 6.15. The molecule has 1 spiro atoms. The van der Waals surface area contributed by atoms with E-state index in [2.05, 4.69) is 12.2 Å². The van der Waals surface area contributed by atoms with Crippen molar-refractivity contribution >= 4 is 23.3 Å². The van der Waals surface area contributed by atoms with Crippen molar-refractivity contribution in [3.05, 3.63) is 65.2 Å². The van der Waals surface area contributed by atoms with Crippen molar-refractivity contribution < 1.29 is 23.9 Å². The maximum atomic E-state index is 13.6. The number of amides is 2. The van der Waals surface area contributed by atoms with Gasteiger partial charge in [-0.2, -0.15) is 0 Å². The number of carbonyl (C=O) groups excluding carboxylic acids is 3. The van der Waals surface area contributed by atoms with E-state index in [1.54, 1.807) is 0 Å². The quantitative estimate of drug-likeness (QED) is 0.574. The average Bonchev–Trinajstić information content (AvgIpc) is 3.60. The third-order valence-corrected chi connectivity index (χ3v) is 7.90. The molecule has 0 radical (unpaired) electrons. The molecular weight excluding hydrogens is 458 g/mol. The van der Waals surface area contributed by atoms with Crippen LogP contribution in [0.4, 0.5) is 5.69 Å². The van der Waals surface area contributed by atoms with E-state index in [0.29, 0.717) is 31.2 Å². The Bertz CT molecular complexity index is 1190. The van der Waals surface area contributed by atoms with Crippen LogP contribution >= 0.6 is 0 Å². The van der Waals surface area contributed by atoms with Crippen LogP contribution in [-0.2, 0) is 42.4 Å². The highest BCUT2D eigenvalue weighted by atomic mass is 16.5. The van der Waals surface area contributed by atoms with E-state index >= 15 is 0 Å². The molecular formula is C28H31N3O5. The van der Waals surface area contributed by atoms with Crippen LogP contribution in [0.3, 0.4) is 0 Å². The van der Waals surface area contributed by atoms with E-state index in [0.717, 1.165) is 29.7 Å². The molecule has 36 heavy (non-hydrogen) atoms. The van der Waals surface area contributed by atoms with Gasteiger partial charge in [0, 0.05) is 30.3 Å². The first-order chi connectivity index (χ1) is 17.5. The number of ether oxygens (including phenoxy) is 2. The minimum atomic E-state index is -1.64. The van der Waals surface area contributed by atoms with Gasteiger partial charge in [-0.05, 0) is 48.9 Å². The van der Waals surface area contributed by atoms with E-state index in [1.807, 2.05) is 53.4 Å². The molecule has 2 aromatic carbocycles. The number of hydrogen-bond donors (Lipinski definition) is 1. The van der Waals surface area contributed by atoms with Crippen LogP contribution in [0.2, 0.25) is 0 Å². The molecule has 2 aliphatic heterocycles. The zero-order valence-electron chi connectivity index (χ0n) is 20.4. The van der Waals surface area contributed by atoms with Gasteiger partial charge in [-0.15, -0.1) is 0 Å². The van der Waals surface area contributed by atoms with Crippen molar-refractivity contribution in [1.29, 1.82) is 0 Å². The fourth-order valence-corrected chi connectivity index (χ4v) is 5.53. The van der Waals surface area contributed by atoms with Crippen molar-refractivity contribution in [3.8, 4) is 0 Å². The number of fused-ring (bicyclic) bond motifs is 2. The molecule has 3 fully saturated rings. The van der Waals surface area contributed by atoms with Gasteiger partial charge in [0.25, 0.3) is 5.91 Å². The molecule has 8 heteroatoms. The Labute approximate surface area is 210 Å². The molecule has 2 saturated heterocycles. The number of nitrogens with zero attached hydrogens (tertiary/aromatic N) is 2. The van der Waals surface area contributed by atoms with Crippen LogP contribution in [0, 0.1) is 5.92 Å². The Hall–Kier alpha value is -3.23. The van der Waals surface area contributed by atoms with E-state index in [4.69, 9.17) is 9.47 Å². The molecule has 0 bridgehead atoms. The van der Waals surface area contributed by atoms with Crippen molar-refractivity contribution in [2.24, 2.45) is 5.92 Å². The molecule has 2 aromatic rings. The minimum absolute atomic E-state index is 0.0772. The first kappa shape index (κ1) is 23.2. The predicted molar refractivity (Wildman–Crippen MR) is 132 cm³/mol. The Morgan fingerprint density at radius 1 is 1.17 bits per heavy atom. The molecule has 1 N–H and O–H groups in total. The summed E-state index contributed by atoms with van der Waals surface area (Å²) in [6.07, 6.45) is 2.37. The zero-order chi connectivity index (χ0) is 24.9. The van der Waals surface area contributed by atoms with Crippen LogP contribution in [0.1, 0.15) is 36.5 Å². The van der Waals surface area contributed by atoms with Crippen LogP contribution in [0.5, 0.6) is 0 Å². The SMILES string of the molecule is C[C@@H](C1CC1)N(Cc1ccccc1)C(=O)CN1COC2(C(=O)Cc3cc(NC4COC4)ccc32)C1=O. The predicted octanol–water partition coefficient (Wildman–Crippen LogP) is 2.46. The maximum absolute atomic E-state index is 13.6. The lowest BCUT2D eigenvalue weighted by molar-refractivity contribution is -0.149. The molecule has 2 aliphatic carbocycles. The molecule has 188 valence electrons. The summed E-state index contributed by atoms with van der Waals surface area (Å²) in [5, 5.41) is 3.38. The number of carbonyl (C=O) groups is 3. The zero-order valence-corrected chi connectivity index (χ0v) is 20.4. The van der Waals surface area contributed by atoms with Gasteiger partial charge < -0.3 is 24.6 Å². The second kappa shape index (κ2) is 9.01. The van der Waals surface area contributed by atoms with Gasteiger partial charge in [0.2, 0.25) is 11.5 Å². The van der Waals surface area contributed by atoms with Gasteiger partial charge >= 0.3 is 0 Å². The molecule has 4 aliphatic rings. The summed E-state index contributed by atoms with van der Waals surface area (Å²) < 4.78 is 11.2. The van der Waals surface area contributed by atoms with Crippen LogP contribution in [-0.4, -0.2) is 66.0 Å². The summed E-state index contributed by atoms with van der Waals surface area (Å²) in [5.74, 6) is -0.340. The lowest BCUT2D eigenvalue weighted by Gasteiger charge is -2.31. The van der Waals surface area contributed by atoms with Crippen molar-refractivity contribution in [1.82, 2.24) is 9.80 Å². The first-order valence-corrected chi connectivity index (χ1v) is 12.7. The number of rotatable bonds is 8. The van der Waals surface area contributed by atoms with Crippen molar-refractivity contribution in [2.45, 2.75) is 50.4 Å². The van der Waals surface area contributed by atoms with E-state index in [1.165, 1.54) is 4.90 Å². The van der Waals surface area contributed by atoms with E-state index in [-0.39, 0.29) is 43.5 Å². The molecule has 1 saturated carbocycles. The highest BCUT2D eigenvalue weighted by Crippen LogP contribution is 2.43. The topological polar surface area (TPSA) is 88.2 Å². The molecule has 8 nitrogen and oxygen atoms in total. The smallest absolute Gasteiger partial charge is 0.269 e. The fraction of sp³-hybridized carbons (Fsp3) is 0.464. The Kier molecular flexibility index (Phi) is 5.80. The van der Waals surface area contributed by atoms with Crippen LogP contribution in [0.25, 0.3) is 0 Å². The molecule has 2 amide bonds. The van der Waals surface area contributed by atoms with Gasteiger partial charge in [-0.3, -0.25) is 14.4 Å². The lowest BCUT2D eigenvalue weighted by Crippen LogP contribution is -2.48. The minimum Gasteiger partial charge on any atom is -0.378 e. The third kappa shape index (κ3) is 3.98. The lowest BCUT2D eigenvalue weighted by atomic mass is 9.93. The number of nitrogens with one attached hydrogen (secondary N) is 1. The van der Waals surface area contributed by atoms with E-state index < -0.39 is 11.5 Å². The first-order valence-electron chi connectivity index (χ1n) is 12.7. The summed E-state index contributed by atoms with van der Waals surface area (Å²) in [7, 11) is 0. The summed E-state index contributed by atoms with van der Waals surface area (Å²) in [6, 6.07) is 15.9. The second-order valence-corrected chi connectivity index (χ2v) is 10.4. The highest BCUT2D eigenvalue weighted by Gasteiger charge is 2.59. The summed E-state index contributed by atoms with van der Waals surface area (Å²) in [4.78, 5) is 43.6. The van der Waals surface area contributed by atoms with Crippen molar-refractivity contribution in [3.63, 3.8) is 0 Å². The van der Waals surface area contributed by atoms with Crippen LogP contribution < -0.4 is 5.32 Å². The standard InChI is InChI=1S/C28H31N3O5/c1-18(20-7-8-20)31(13-19-5-3-2-4-6-19)26(33)14-30-17-36-28(27(30)34)24-10-9-22(29-23-15-35-16-23)11-21(24)12-25(28)32/h2-6,9-11,18,20,23,29H,7-8,12-17H2,1H3/t18-,28?/m0/s1. The molecule has 2 heterocycles. The number of hydrogen-bond acceptors (Lipinski definition) is 6. The Morgan fingerprint density at radius 3 is 2.64 bits per heavy atom. The third-order valence-electron chi connectivity index (χ3n) is 7.90. The van der Waals surface area contributed by atoms with Gasteiger partial charge in [0.05, 0.1) is 19.3 Å². The monoisotopic (exact) mass is 489 g/mol. The maximum Gasteiger partial charge on any atom is 0.269 e. The van der Waals surface area contributed by atoms with Gasteiger partial charge in [0.15, 0.2) is 5.78 Å². The summed E-state index contributed by atoms with van der Waals surface area (Å²) >= 11 is 0. The van der Waals surface area contributed by atoms with E-state index in [9.17, 15) is 14.4 Å². The molecule has 2 atom stereocenters. The Morgan fingerprint density at radius 2 is 1.94 bits per heavy atom. The number of benzene rings is 2. The van der Waals surface area contributed by atoms with Gasteiger partial charge in [-0.25, -0.2) is 0 Å². The fourth-order valence-electron chi connectivity index (χ4n) is 5.53. The number of Topliss-reactive ketones (excluding diaryl/α,β-unsaturated/α-hetero) is 1. The van der Waals surface area contributed by atoms with Crippen molar-refractivity contribution in [2.75, 3.05) is 31.8 Å². The second-order valence-electron chi connectivity index (χ2n) is 10.4.